The molecule has 0 radical (unpaired) electrons. The zero-order valence-electron chi connectivity index (χ0n) is 17.3. The number of aromatic nitrogens is 3. The number of hydrogen-bond acceptors (Lipinski definition) is 7. The molecule has 0 spiro atoms. The minimum atomic E-state index is -4.49. The third-order valence-electron chi connectivity index (χ3n) is 4.58. The summed E-state index contributed by atoms with van der Waals surface area (Å²) in [5.74, 6) is 1.49. The predicted molar refractivity (Wildman–Crippen MR) is 120 cm³/mol. The highest BCUT2D eigenvalue weighted by Crippen LogP contribution is 2.27. The van der Waals surface area contributed by atoms with Gasteiger partial charge in [-0.2, -0.15) is 13.2 Å². The lowest BCUT2D eigenvalue weighted by Gasteiger charge is -2.36. The van der Waals surface area contributed by atoms with Gasteiger partial charge in [-0.3, -0.25) is 9.89 Å². The number of piperazine rings is 1. The van der Waals surface area contributed by atoms with Crippen LogP contribution in [0.1, 0.15) is 17.1 Å². The van der Waals surface area contributed by atoms with Crippen LogP contribution in [-0.4, -0.2) is 77.2 Å². The minimum absolute atomic E-state index is 0. The van der Waals surface area contributed by atoms with Gasteiger partial charge in [0.1, 0.15) is 11.5 Å². The lowest BCUT2D eigenvalue weighted by molar-refractivity contribution is -0.141. The number of aliphatic imine (C=N–C) groups is 1. The molecule has 1 aliphatic heterocycles. The summed E-state index contributed by atoms with van der Waals surface area (Å²) in [4.78, 5) is 16.0. The van der Waals surface area contributed by atoms with Gasteiger partial charge in [0, 0.05) is 65.1 Å². The van der Waals surface area contributed by atoms with Crippen molar-refractivity contribution in [1.82, 2.24) is 30.2 Å². The Bertz CT molecular complexity index is 852. The van der Waals surface area contributed by atoms with Crippen LogP contribution in [0.4, 0.5) is 19.1 Å². The summed E-state index contributed by atoms with van der Waals surface area (Å²) < 4.78 is 43.2. The maximum atomic E-state index is 12.7. The number of alkyl halides is 3. The van der Waals surface area contributed by atoms with Crippen molar-refractivity contribution in [3.05, 3.63) is 35.5 Å². The number of anilines is 1. The number of rotatable bonds is 6. The van der Waals surface area contributed by atoms with Crippen LogP contribution in [0.15, 0.2) is 27.8 Å². The molecule has 0 unspecified atom stereocenters. The second-order valence-electron chi connectivity index (χ2n) is 6.86. The Kier molecular flexibility index (Phi) is 9.28. The molecule has 3 rings (SSSR count). The molecule has 0 amide bonds. The molecule has 0 aromatic carbocycles. The van der Waals surface area contributed by atoms with E-state index >= 15 is 0 Å². The molecule has 172 valence electrons. The van der Waals surface area contributed by atoms with E-state index in [0.29, 0.717) is 13.1 Å². The Labute approximate surface area is 195 Å². The minimum Gasteiger partial charge on any atom is -0.361 e. The third kappa shape index (κ3) is 7.48. The van der Waals surface area contributed by atoms with Crippen LogP contribution in [0.2, 0.25) is 0 Å². The third-order valence-corrected chi connectivity index (χ3v) is 4.58. The van der Waals surface area contributed by atoms with Gasteiger partial charge in [-0.15, -0.1) is 24.0 Å². The van der Waals surface area contributed by atoms with E-state index < -0.39 is 11.9 Å². The SMILES string of the molecule is CN=C(NCCNc1nccc(C(F)(F)F)n1)N1CCN(Cc2cc(C)on2)CC1.I. The summed E-state index contributed by atoms with van der Waals surface area (Å²) in [5, 5.41) is 10.0. The lowest BCUT2D eigenvalue weighted by Crippen LogP contribution is -2.52. The highest BCUT2D eigenvalue weighted by atomic mass is 127. The van der Waals surface area contributed by atoms with Gasteiger partial charge in [0.25, 0.3) is 0 Å². The number of nitrogens with one attached hydrogen (secondary N) is 2. The van der Waals surface area contributed by atoms with E-state index in [2.05, 4.69) is 40.6 Å². The van der Waals surface area contributed by atoms with Crippen molar-refractivity contribution in [3.63, 3.8) is 0 Å². The first-order valence-corrected chi connectivity index (χ1v) is 9.59. The van der Waals surface area contributed by atoms with E-state index in [1.807, 2.05) is 13.0 Å². The molecule has 3 heterocycles. The molecule has 9 nitrogen and oxygen atoms in total. The summed E-state index contributed by atoms with van der Waals surface area (Å²) in [6.45, 7) is 6.78. The van der Waals surface area contributed by atoms with Gasteiger partial charge in [-0.05, 0) is 13.0 Å². The van der Waals surface area contributed by atoms with Crippen molar-refractivity contribution in [2.75, 3.05) is 51.6 Å². The van der Waals surface area contributed by atoms with Crippen LogP contribution in [0.3, 0.4) is 0 Å². The first-order chi connectivity index (χ1) is 14.3. The molecule has 0 atom stereocenters. The highest BCUT2D eigenvalue weighted by molar-refractivity contribution is 14.0. The van der Waals surface area contributed by atoms with Crippen LogP contribution in [-0.2, 0) is 12.7 Å². The quantitative estimate of drug-likeness (QED) is 0.243. The maximum Gasteiger partial charge on any atom is 0.433 e. The number of nitrogens with zero attached hydrogens (tertiary/aromatic N) is 6. The molecule has 2 aromatic heterocycles. The molecule has 1 fully saturated rings. The van der Waals surface area contributed by atoms with Crippen molar-refractivity contribution < 1.29 is 17.7 Å². The first-order valence-electron chi connectivity index (χ1n) is 9.59. The van der Waals surface area contributed by atoms with E-state index in [0.717, 1.165) is 62.4 Å². The van der Waals surface area contributed by atoms with Gasteiger partial charge in [0.15, 0.2) is 5.96 Å². The van der Waals surface area contributed by atoms with Crippen LogP contribution >= 0.6 is 24.0 Å². The number of guanidine groups is 1. The fourth-order valence-corrected chi connectivity index (χ4v) is 3.12. The summed E-state index contributed by atoms with van der Waals surface area (Å²) in [7, 11) is 1.70. The number of hydrogen-bond donors (Lipinski definition) is 2. The average molecular weight is 554 g/mol. The van der Waals surface area contributed by atoms with E-state index in [4.69, 9.17) is 4.52 Å². The molecule has 31 heavy (non-hydrogen) atoms. The van der Waals surface area contributed by atoms with Crippen LogP contribution < -0.4 is 10.6 Å². The van der Waals surface area contributed by atoms with Gasteiger partial charge >= 0.3 is 6.18 Å². The van der Waals surface area contributed by atoms with E-state index in [9.17, 15) is 13.2 Å². The predicted octanol–water partition coefficient (Wildman–Crippen LogP) is 2.21. The average Bonchev–Trinajstić information content (AvgIpc) is 3.13. The summed E-state index contributed by atoms with van der Waals surface area (Å²) in [6, 6.07) is 2.78. The first kappa shape index (κ1) is 25.1. The zero-order valence-corrected chi connectivity index (χ0v) is 19.6. The van der Waals surface area contributed by atoms with E-state index in [1.165, 1.54) is 0 Å². The molecular formula is C18H26F3IN8O. The Morgan fingerprint density at radius 3 is 2.58 bits per heavy atom. The van der Waals surface area contributed by atoms with Gasteiger partial charge < -0.3 is 20.1 Å². The zero-order chi connectivity index (χ0) is 21.6. The fraction of sp³-hybridized carbons (Fsp3) is 0.556. The number of halogens is 4. The van der Waals surface area contributed by atoms with Crippen molar-refractivity contribution in [1.29, 1.82) is 0 Å². The summed E-state index contributed by atoms with van der Waals surface area (Å²) >= 11 is 0. The fourth-order valence-electron chi connectivity index (χ4n) is 3.12. The summed E-state index contributed by atoms with van der Waals surface area (Å²) in [6.07, 6.45) is -3.40. The molecular weight excluding hydrogens is 528 g/mol. The number of aryl methyl sites for hydroxylation is 1. The molecule has 0 saturated carbocycles. The van der Waals surface area contributed by atoms with E-state index in [1.54, 1.807) is 7.05 Å². The van der Waals surface area contributed by atoms with Gasteiger partial charge in [-0.1, -0.05) is 5.16 Å². The normalized spacial score (nSPS) is 15.5. The summed E-state index contributed by atoms with van der Waals surface area (Å²) in [5.41, 5.74) is -0.0474. The Hall–Kier alpha value is -2.16. The van der Waals surface area contributed by atoms with Crippen molar-refractivity contribution in [2.24, 2.45) is 4.99 Å². The maximum absolute atomic E-state index is 12.7. The van der Waals surface area contributed by atoms with Crippen LogP contribution in [0, 0.1) is 6.92 Å². The molecule has 1 aliphatic rings. The smallest absolute Gasteiger partial charge is 0.361 e. The molecule has 1 saturated heterocycles. The molecule has 0 aliphatic carbocycles. The topological polar surface area (TPSA) is 94.7 Å². The highest BCUT2D eigenvalue weighted by Gasteiger charge is 2.32. The molecule has 13 heteroatoms. The Morgan fingerprint density at radius 1 is 1.23 bits per heavy atom. The largest absolute Gasteiger partial charge is 0.433 e. The second kappa shape index (κ2) is 11.5. The van der Waals surface area contributed by atoms with Gasteiger partial charge in [0.05, 0.1) is 5.69 Å². The molecule has 2 N–H and O–H groups in total. The van der Waals surface area contributed by atoms with Crippen molar-refractivity contribution in [2.45, 2.75) is 19.6 Å². The standard InChI is InChI=1S/C18H25F3N8O.HI/c1-13-11-14(27-30-13)12-28-7-9-29(10-8-28)17(22-2)25-6-5-24-16-23-4-3-15(26-16)18(19,20)21;/h3-4,11H,5-10,12H2,1-2H3,(H,22,25)(H,23,24,26);1H. The van der Waals surface area contributed by atoms with Crippen LogP contribution in [0.25, 0.3) is 0 Å². The van der Waals surface area contributed by atoms with Crippen molar-refractivity contribution in [3.8, 4) is 0 Å². The lowest BCUT2D eigenvalue weighted by atomic mass is 10.3. The Balaban J connectivity index is 0.00000341. The van der Waals surface area contributed by atoms with Crippen LogP contribution in [0.5, 0.6) is 0 Å². The molecule has 2 aromatic rings. The Morgan fingerprint density at radius 2 is 1.97 bits per heavy atom. The monoisotopic (exact) mass is 554 g/mol. The van der Waals surface area contributed by atoms with Gasteiger partial charge in [-0.25, -0.2) is 9.97 Å². The van der Waals surface area contributed by atoms with Gasteiger partial charge in [0.2, 0.25) is 5.95 Å². The van der Waals surface area contributed by atoms with Crippen molar-refractivity contribution >= 4 is 35.9 Å². The molecule has 0 bridgehead atoms. The second-order valence-corrected chi connectivity index (χ2v) is 6.86. The van der Waals surface area contributed by atoms with E-state index in [-0.39, 0.29) is 29.9 Å².